The maximum Gasteiger partial charge on any atom is 0.308 e. The van der Waals surface area contributed by atoms with Crippen LogP contribution in [0.2, 0.25) is 0 Å². The van der Waals surface area contributed by atoms with Crippen molar-refractivity contribution >= 4 is 51.6 Å². The number of nitriles is 1. The van der Waals surface area contributed by atoms with E-state index in [9.17, 15) is 14.4 Å². The van der Waals surface area contributed by atoms with E-state index in [2.05, 4.69) is 10.6 Å². The van der Waals surface area contributed by atoms with E-state index in [4.69, 9.17) is 10.00 Å². The second kappa shape index (κ2) is 8.24. The first kappa shape index (κ1) is 18.9. The number of fused-ring (bicyclic) bond motifs is 1. The quantitative estimate of drug-likeness (QED) is 0.746. The van der Waals surface area contributed by atoms with E-state index in [0.29, 0.717) is 16.3 Å². The molecule has 0 unspecified atom stereocenters. The number of thiophene rings is 1. The number of rotatable bonds is 5. The average molecular weight is 401 g/mol. The van der Waals surface area contributed by atoms with Gasteiger partial charge < -0.3 is 15.4 Å². The number of nitrogens with one attached hydrogen (secondary N) is 2. The molecule has 2 heterocycles. The maximum atomic E-state index is 12.2. The molecule has 0 spiro atoms. The molecule has 3 rings (SSSR count). The third kappa shape index (κ3) is 4.48. The van der Waals surface area contributed by atoms with E-state index in [-0.39, 0.29) is 12.3 Å². The van der Waals surface area contributed by atoms with Gasteiger partial charge >= 0.3 is 5.97 Å². The van der Waals surface area contributed by atoms with Crippen LogP contribution in [-0.4, -0.2) is 29.1 Å². The van der Waals surface area contributed by atoms with Crippen LogP contribution in [0.4, 0.5) is 10.7 Å². The van der Waals surface area contributed by atoms with E-state index in [0.717, 1.165) is 4.90 Å². The van der Waals surface area contributed by atoms with Gasteiger partial charge in [-0.25, -0.2) is 0 Å². The smallest absolute Gasteiger partial charge is 0.308 e. The molecule has 0 saturated carbocycles. The first-order chi connectivity index (χ1) is 13.0. The van der Waals surface area contributed by atoms with Gasteiger partial charge in [0.25, 0.3) is 5.91 Å². The number of carbonyl (C=O) groups is 3. The summed E-state index contributed by atoms with van der Waals surface area (Å²) in [5.41, 5.74) is 1.06. The standard InChI is InChI=1S/C18H15N3O4S2/c1-10(16(23)21-18-11(9-19)6-7-26-18)25-15(22)8-14-17(24)20-12-4-2-3-5-13(12)27-14/h2-7,10,14H,8H2,1H3,(H,20,24)(H,21,23)/t10-,14+/m1/s1. The molecule has 1 aromatic carbocycles. The van der Waals surface area contributed by atoms with Gasteiger partial charge in [0, 0.05) is 4.90 Å². The van der Waals surface area contributed by atoms with Gasteiger partial charge in [0.15, 0.2) is 6.10 Å². The van der Waals surface area contributed by atoms with Gasteiger partial charge in [0.05, 0.1) is 22.9 Å². The summed E-state index contributed by atoms with van der Waals surface area (Å²) in [4.78, 5) is 37.3. The number of anilines is 2. The SMILES string of the molecule is C[C@@H](OC(=O)C[C@@H]1Sc2ccccc2NC1=O)C(=O)Nc1sccc1C#N. The maximum absolute atomic E-state index is 12.2. The van der Waals surface area contributed by atoms with E-state index in [1.165, 1.54) is 30.0 Å². The van der Waals surface area contributed by atoms with Crippen molar-refractivity contribution in [3.63, 3.8) is 0 Å². The number of para-hydroxylation sites is 1. The number of esters is 1. The summed E-state index contributed by atoms with van der Waals surface area (Å²) in [6.07, 6.45) is -1.19. The molecule has 0 radical (unpaired) electrons. The lowest BCUT2D eigenvalue weighted by Gasteiger charge is -2.23. The minimum absolute atomic E-state index is 0.148. The van der Waals surface area contributed by atoms with Gasteiger partial charge in [-0.2, -0.15) is 5.26 Å². The summed E-state index contributed by atoms with van der Waals surface area (Å²) in [6.45, 7) is 1.44. The first-order valence-corrected chi connectivity index (χ1v) is 9.78. The summed E-state index contributed by atoms with van der Waals surface area (Å²) in [7, 11) is 0. The second-order valence-electron chi connectivity index (χ2n) is 5.69. The van der Waals surface area contributed by atoms with Crippen molar-refractivity contribution in [2.75, 3.05) is 10.6 Å². The fourth-order valence-electron chi connectivity index (χ4n) is 2.38. The highest BCUT2D eigenvalue weighted by Gasteiger charge is 2.30. The fourth-order valence-corrected chi connectivity index (χ4v) is 4.22. The molecule has 0 saturated heterocycles. The van der Waals surface area contributed by atoms with Crippen LogP contribution in [0.3, 0.4) is 0 Å². The zero-order valence-corrected chi connectivity index (χ0v) is 15.9. The topological polar surface area (TPSA) is 108 Å². The highest BCUT2D eigenvalue weighted by molar-refractivity contribution is 8.01. The van der Waals surface area contributed by atoms with E-state index in [1.54, 1.807) is 17.5 Å². The molecule has 1 aromatic heterocycles. The Morgan fingerprint density at radius 2 is 2.15 bits per heavy atom. The number of thioether (sulfide) groups is 1. The van der Waals surface area contributed by atoms with Crippen molar-refractivity contribution < 1.29 is 19.1 Å². The summed E-state index contributed by atoms with van der Waals surface area (Å²) in [6, 6.07) is 10.9. The van der Waals surface area contributed by atoms with Crippen molar-refractivity contribution in [2.24, 2.45) is 0 Å². The molecule has 138 valence electrons. The Balaban J connectivity index is 1.55. The second-order valence-corrected chi connectivity index (χ2v) is 7.85. The van der Waals surface area contributed by atoms with Crippen LogP contribution in [0.15, 0.2) is 40.6 Å². The largest absolute Gasteiger partial charge is 0.452 e. The van der Waals surface area contributed by atoms with Crippen LogP contribution < -0.4 is 10.6 Å². The number of benzene rings is 1. The van der Waals surface area contributed by atoms with Crippen LogP contribution in [0.1, 0.15) is 18.9 Å². The minimum Gasteiger partial charge on any atom is -0.452 e. The molecule has 2 amide bonds. The molecule has 0 aliphatic carbocycles. The van der Waals surface area contributed by atoms with Crippen LogP contribution in [0.5, 0.6) is 0 Å². The molecule has 0 fully saturated rings. The monoisotopic (exact) mass is 401 g/mol. The van der Waals surface area contributed by atoms with Crippen LogP contribution >= 0.6 is 23.1 Å². The molecule has 1 aliphatic heterocycles. The van der Waals surface area contributed by atoms with Gasteiger partial charge in [-0.05, 0) is 30.5 Å². The molecule has 2 atom stereocenters. The number of hydrogen-bond donors (Lipinski definition) is 2. The van der Waals surface area contributed by atoms with Crippen molar-refractivity contribution in [1.29, 1.82) is 5.26 Å². The van der Waals surface area contributed by atoms with Crippen LogP contribution in [0, 0.1) is 11.3 Å². The van der Waals surface area contributed by atoms with Crippen LogP contribution in [-0.2, 0) is 19.1 Å². The number of ether oxygens (including phenoxy) is 1. The van der Waals surface area contributed by atoms with Gasteiger partial charge in [-0.3, -0.25) is 14.4 Å². The predicted molar refractivity (Wildman–Crippen MR) is 103 cm³/mol. The molecule has 2 N–H and O–H groups in total. The lowest BCUT2D eigenvalue weighted by molar-refractivity contribution is -0.153. The Labute approximate surface area is 163 Å². The predicted octanol–water partition coefficient (Wildman–Crippen LogP) is 2.99. The third-order valence-corrected chi connectivity index (χ3v) is 5.86. The van der Waals surface area contributed by atoms with Gasteiger partial charge in [-0.1, -0.05) is 12.1 Å². The van der Waals surface area contributed by atoms with Gasteiger partial charge in [0.1, 0.15) is 11.1 Å². The summed E-state index contributed by atoms with van der Waals surface area (Å²) in [5.74, 6) is -1.45. The van der Waals surface area contributed by atoms with Crippen LogP contribution in [0.25, 0.3) is 0 Å². The normalized spacial score (nSPS) is 16.4. The third-order valence-electron chi connectivity index (χ3n) is 3.76. The highest BCUT2D eigenvalue weighted by Crippen LogP contribution is 2.36. The summed E-state index contributed by atoms with van der Waals surface area (Å²) >= 11 is 2.50. The van der Waals surface area contributed by atoms with E-state index in [1.807, 2.05) is 24.3 Å². The Hall–Kier alpha value is -2.83. The number of amides is 2. The number of carbonyl (C=O) groups excluding carboxylic acids is 3. The molecule has 27 heavy (non-hydrogen) atoms. The Bertz CT molecular complexity index is 935. The zero-order valence-electron chi connectivity index (χ0n) is 14.2. The Kier molecular flexibility index (Phi) is 5.78. The van der Waals surface area contributed by atoms with Gasteiger partial charge in [-0.15, -0.1) is 23.1 Å². The van der Waals surface area contributed by atoms with Crippen molar-refractivity contribution in [3.05, 3.63) is 41.3 Å². The molecular weight excluding hydrogens is 386 g/mol. The molecule has 0 bridgehead atoms. The number of hydrogen-bond acceptors (Lipinski definition) is 7. The minimum atomic E-state index is -1.05. The van der Waals surface area contributed by atoms with E-state index >= 15 is 0 Å². The molecule has 7 nitrogen and oxygen atoms in total. The average Bonchev–Trinajstić information content (AvgIpc) is 3.09. The lowest BCUT2D eigenvalue weighted by Crippen LogP contribution is -2.34. The Morgan fingerprint density at radius 1 is 1.37 bits per heavy atom. The van der Waals surface area contributed by atoms with Gasteiger partial charge in [0.2, 0.25) is 5.91 Å². The fraction of sp³-hybridized carbons (Fsp3) is 0.222. The van der Waals surface area contributed by atoms with Crippen molar-refractivity contribution in [3.8, 4) is 6.07 Å². The highest BCUT2D eigenvalue weighted by atomic mass is 32.2. The van der Waals surface area contributed by atoms with Crippen molar-refractivity contribution in [2.45, 2.75) is 29.6 Å². The Morgan fingerprint density at radius 3 is 2.93 bits per heavy atom. The number of nitrogens with zero attached hydrogens (tertiary/aromatic N) is 1. The molecule has 9 heteroatoms. The lowest BCUT2D eigenvalue weighted by atomic mass is 10.2. The summed E-state index contributed by atoms with van der Waals surface area (Å²) in [5, 5.41) is 15.8. The van der Waals surface area contributed by atoms with E-state index < -0.39 is 23.2 Å². The van der Waals surface area contributed by atoms with Crippen molar-refractivity contribution in [1.82, 2.24) is 0 Å². The first-order valence-electron chi connectivity index (χ1n) is 8.02. The zero-order chi connectivity index (χ0) is 19.4. The summed E-state index contributed by atoms with van der Waals surface area (Å²) < 4.78 is 5.15. The molecule has 2 aromatic rings. The molecular formula is C18H15N3O4S2. The molecule has 1 aliphatic rings.